The first-order valence-corrected chi connectivity index (χ1v) is 4.79. The summed E-state index contributed by atoms with van der Waals surface area (Å²) in [6.07, 6.45) is 0. The Kier molecular flexibility index (Phi) is 2.42. The fourth-order valence-corrected chi connectivity index (χ4v) is 1.57. The van der Waals surface area contributed by atoms with E-state index in [0.717, 1.165) is 11.1 Å². The lowest BCUT2D eigenvalue weighted by Gasteiger charge is -2.07. The van der Waals surface area contributed by atoms with Crippen molar-refractivity contribution in [3.05, 3.63) is 53.8 Å². The van der Waals surface area contributed by atoms with Crippen molar-refractivity contribution < 1.29 is 4.39 Å². The van der Waals surface area contributed by atoms with Crippen LogP contribution >= 0.6 is 0 Å². The third-order valence-corrected chi connectivity index (χ3v) is 2.39. The molecule has 15 heavy (non-hydrogen) atoms. The molecule has 0 heterocycles. The second-order valence-corrected chi connectivity index (χ2v) is 3.57. The summed E-state index contributed by atoms with van der Waals surface area (Å²) in [5.74, 6) is -0.279. The molecule has 2 aromatic carbocycles. The fourth-order valence-electron chi connectivity index (χ4n) is 1.57. The van der Waals surface area contributed by atoms with Gasteiger partial charge in [0.2, 0.25) is 0 Å². The highest BCUT2D eigenvalue weighted by molar-refractivity contribution is 5.76. The smallest absolute Gasteiger partial charge is 0.133 e. The summed E-state index contributed by atoms with van der Waals surface area (Å²) in [5, 5.41) is 0. The Morgan fingerprint density at radius 2 is 1.67 bits per heavy atom. The molecule has 0 aliphatic heterocycles. The van der Waals surface area contributed by atoms with Crippen LogP contribution in [-0.4, -0.2) is 0 Å². The van der Waals surface area contributed by atoms with Gasteiger partial charge in [-0.25, -0.2) is 4.39 Å². The van der Waals surface area contributed by atoms with E-state index in [2.05, 4.69) is 0 Å². The van der Waals surface area contributed by atoms with E-state index in [0.29, 0.717) is 11.3 Å². The molecule has 0 aromatic heterocycles. The van der Waals surface area contributed by atoms with Crippen LogP contribution < -0.4 is 5.73 Å². The normalized spacial score (nSPS) is 10.3. The van der Waals surface area contributed by atoms with Gasteiger partial charge in [-0.1, -0.05) is 35.9 Å². The van der Waals surface area contributed by atoms with Crippen LogP contribution in [-0.2, 0) is 0 Å². The molecule has 2 N–H and O–H groups in total. The van der Waals surface area contributed by atoms with E-state index >= 15 is 0 Å². The van der Waals surface area contributed by atoms with E-state index in [4.69, 9.17) is 5.73 Å². The molecule has 2 rings (SSSR count). The molecule has 0 saturated carbocycles. The number of benzene rings is 2. The molecule has 0 atom stereocenters. The number of hydrogen-bond acceptors (Lipinski definition) is 1. The van der Waals surface area contributed by atoms with Crippen molar-refractivity contribution in [1.29, 1.82) is 0 Å². The largest absolute Gasteiger partial charge is 0.398 e. The second kappa shape index (κ2) is 3.73. The van der Waals surface area contributed by atoms with Gasteiger partial charge in [-0.3, -0.25) is 0 Å². The average Bonchev–Trinajstić information content (AvgIpc) is 2.20. The summed E-state index contributed by atoms with van der Waals surface area (Å²) in [6, 6.07) is 12.4. The van der Waals surface area contributed by atoms with E-state index < -0.39 is 0 Å². The van der Waals surface area contributed by atoms with Crippen molar-refractivity contribution in [3.8, 4) is 11.1 Å². The lowest BCUT2D eigenvalue weighted by atomic mass is 10.0. The molecule has 76 valence electrons. The van der Waals surface area contributed by atoms with Gasteiger partial charge in [-0.15, -0.1) is 0 Å². The molecule has 0 bridgehead atoms. The van der Waals surface area contributed by atoms with Crippen LogP contribution in [0.25, 0.3) is 11.1 Å². The Balaban J connectivity index is 2.58. The highest BCUT2D eigenvalue weighted by Crippen LogP contribution is 2.28. The van der Waals surface area contributed by atoms with Crippen LogP contribution in [0, 0.1) is 12.7 Å². The molecule has 0 saturated heterocycles. The zero-order valence-electron chi connectivity index (χ0n) is 8.50. The number of nitrogens with two attached hydrogens (primary N) is 1. The number of nitrogen functional groups attached to an aromatic ring is 1. The Morgan fingerprint density at radius 3 is 2.27 bits per heavy atom. The van der Waals surface area contributed by atoms with Gasteiger partial charge in [0.1, 0.15) is 5.82 Å². The van der Waals surface area contributed by atoms with Crippen molar-refractivity contribution >= 4 is 5.69 Å². The maximum Gasteiger partial charge on any atom is 0.133 e. The summed E-state index contributed by atoms with van der Waals surface area (Å²) in [6.45, 7) is 1.99. The second-order valence-electron chi connectivity index (χ2n) is 3.57. The summed E-state index contributed by atoms with van der Waals surface area (Å²) >= 11 is 0. The number of hydrogen-bond donors (Lipinski definition) is 1. The molecule has 0 aliphatic rings. The van der Waals surface area contributed by atoms with E-state index in [1.807, 2.05) is 31.2 Å². The quantitative estimate of drug-likeness (QED) is 0.703. The molecule has 1 nitrogen and oxygen atoms in total. The van der Waals surface area contributed by atoms with Crippen LogP contribution in [0.15, 0.2) is 42.5 Å². The minimum absolute atomic E-state index is 0.279. The zero-order valence-corrected chi connectivity index (χ0v) is 8.50. The van der Waals surface area contributed by atoms with E-state index in [1.165, 1.54) is 6.07 Å². The maximum atomic E-state index is 13.6. The maximum absolute atomic E-state index is 13.6. The number of aryl methyl sites for hydroxylation is 1. The molecule has 0 amide bonds. The number of halogens is 1. The molecular formula is C13H12FN. The summed E-state index contributed by atoms with van der Waals surface area (Å²) < 4.78 is 13.6. The minimum atomic E-state index is -0.279. The Hall–Kier alpha value is -1.83. The zero-order chi connectivity index (χ0) is 10.8. The van der Waals surface area contributed by atoms with Crippen LogP contribution in [0.2, 0.25) is 0 Å². The molecule has 0 fully saturated rings. The molecular weight excluding hydrogens is 189 g/mol. The van der Waals surface area contributed by atoms with Gasteiger partial charge in [-0.05, 0) is 24.6 Å². The van der Waals surface area contributed by atoms with Gasteiger partial charge in [0.15, 0.2) is 0 Å². The number of anilines is 1. The lowest BCUT2D eigenvalue weighted by Crippen LogP contribution is -1.93. The Bertz CT molecular complexity index is 454. The predicted octanol–water partition coefficient (Wildman–Crippen LogP) is 3.38. The van der Waals surface area contributed by atoms with Gasteiger partial charge in [0.25, 0.3) is 0 Å². The van der Waals surface area contributed by atoms with Crippen molar-refractivity contribution in [3.63, 3.8) is 0 Å². The molecule has 2 heteroatoms. The third-order valence-electron chi connectivity index (χ3n) is 2.39. The standard InChI is InChI=1S/C13H12FN/c1-9-5-7-10(8-6-9)13-11(14)3-2-4-12(13)15/h2-8H,15H2,1H3. The van der Waals surface area contributed by atoms with Crippen LogP contribution in [0.4, 0.5) is 10.1 Å². The molecule has 0 unspecified atom stereocenters. The van der Waals surface area contributed by atoms with Crippen LogP contribution in [0.1, 0.15) is 5.56 Å². The summed E-state index contributed by atoms with van der Waals surface area (Å²) in [7, 11) is 0. The van der Waals surface area contributed by atoms with Crippen molar-refractivity contribution in [2.45, 2.75) is 6.92 Å². The first-order chi connectivity index (χ1) is 7.18. The van der Waals surface area contributed by atoms with Gasteiger partial charge >= 0.3 is 0 Å². The first kappa shape index (κ1) is 9.71. The molecule has 0 aliphatic carbocycles. The fraction of sp³-hybridized carbons (Fsp3) is 0.0769. The minimum Gasteiger partial charge on any atom is -0.398 e. The lowest BCUT2D eigenvalue weighted by molar-refractivity contribution is 0.632. The van der Waals surface area contributed by atoms with Gasteiger partial charge in [0.05, 0.1) is 0 Å². The monoisotopic (exact) mass is 201 g/mol. The Labute approximate surface area is 88.4 Å². The van der Waals surface area contributed by atoms with E-state index in [-0.39, 0.29) is 5.82 Å². The summed E-state index contributed by atoms with van der Waals surface area (Å²) in [4.78, 5) is 0. The highest BCUT2D eigenvalue weighted by atomic mass is 19.1. The van der Waals surface area contributed by atoms with Crippen LogP contribution in [0.5, 0.6) is 0 Å². The molecule has 0 radical (unpaired) electrons. The van der Waals surface area contributed by atoms with Gasteiger partial charge in [0, 0.05) is 11.3 Å². The SMILES string of the molecule is Cc1ccc(-c2c(N)cccc2F)cc1. The van der Waals surface area contributed by atoms with Gasteiger partial charge in [-0.2, -0.15) is 0 Å². The summed E-state index contributed by atoms with van der Waals surface area (Å²) in [5.41, 5.74) is 8.67. The molecule has 0 spiro atoms. The third kappa shape index (κ3) is 1.84. The van der Waals surface area contributed by atoms with Crippen molar-refractivity contribution in [1.82, 2.24) is 0 Å². The van der Waals surface area contributed by atoms with E-state index in [1.54, 1.807) is 12.1 Å². The highest BCUT2D eigenvalue weighted by Gasteiger charge is 2.07. The van der Waals surface area contributed by atoms with Gasteiger partial charge < -0.3 is 5.73 Å². The number of rotatable bonds is 1. The van der Waals surface area contributed by atoms with Crippen LogP contribution in [0.3, 0.4) is 0 Å². The molecule has 2 aromatic rings. The first-order valence-electron chi connectivity index (χ1n) is 4.79. The van der Waals surface area contributed by atoms with Crippen molar-refractivity contribution in [2.75, 3.05) is 5.73 Å². The average molecular weight is 201 g/mol. The predicted molar refractivity (Wildman–Crippen MR) is 61.0 cm³/mol. The Morgan fingerprint density at radius 1 is 1.00 bits per heavy atom. The topological polar surface area (TPSA) is 26.0 Å². The van der Waals surface area contributed by atoms with E-state index in [9.17, 15) is 4.39 Å². The van der Waals surface area contributed by atoms with Crippen molar-refractivity contribution in [2.24, 2.45) is 0 Å².